The number of amides is 1. The van der Waals surface area contributed by atoms with E-state index >= 15 is 0 Å². The third-order valence-corrected chi connectivity index (χ3v) is 8.41. The van der Waals surface area contributed by atoms with E-state index in [1.807, 2.05) is 47.2 Å². The maximum atomic E-state index is 13.5. The molecule has 1 aliphatic carbocycles. The molecule has 0 saturated carbocycles. The van der Waals surface area contributed by atoms with Crippen LogP contribution in [0.25, 0.3) is 10.9 Å². The molecule has 1 saturated heterocycles. The first-order chi connectivity index (χ1) is 16.6. The highest BCUT2D eigenvalue weighted by atomic mass is 79.9. The Morgan fingerprint density at radius 2 is 1.89 bits per heavy atom. The second-order valence-electron chi connectivity index (χ2n) is 9.98. The van der Waals surface area contributed by atoms with Gasteiger partial charge in [0.1, 0.15) is 5.75 Å². The van der Waals surface area contributed by atoms with E-state index in [0.717, 1.165) is 45.3 Å². The predicted octanol–water partition coefficient (Wildman–Crippen LogP) is 5.38. The largest absolute Gasteiger partial charge is 0.484 e. The number of H-pyrrole nitrogens is 1. The molecule has 1 amide bonds. The van der Waals surface area contributed by atoms with E-state index in [0.29, 0.717) is 29.7 Å². The average Bonchev–Trinajstić information content (AvgIpc) is 3.21. The van der Waals surface area contributed by atoms with E-state index in [2.05, 4.69) is 52.9 Å². The van der Waals surface area contributed by atoms with Crippen molar-refractivity contribution < 1.29 is 14.3 Å². The van der Waals surface area contributed by atoms with Crippen molar-refractivity contribution in [2.45, 2.75) is 38.4 Å². The number of fused-ring (bicyclic) bond motifs is 4. The molecule has 6 nitrogen and oxygen atoms in total. The molecule has 0 bridgehead atoms. The van der Waals surface area contributed by atoms with Gasteiger partial charge in [0.2, 0.25) is 0 Å². The lowest BCUT2D eigenvalue weighted by molar-refractivity contribution is -0.134. The van der Waals surface area contributed by atoms with Crippen LogP contribution in [0.5, 0.6) is 5.75 Å². The summed E-state index contributed by atoms with van der Waals surface area (Å²) in [7, 11) is 0. The first kappa shape index (κ1) is 24.4. The zero-order valence-corrected chi connectivity index (χ0v) is 22.9. The van der Waals surface area contributed by atoms with Crippen molar-refractivity contribution in [1.82, 2.24) is 14.2 Å². The van der Waals surface area contributed by atoms with Crippen LogP contribution in [0, 0.1) is 0 Å². The first-order valence-electron chi connectivity index (χ1n) is 12.0. The number of ether oxygens (including phenoxy) is 1. The van der Waals surface area contributed by atoms with E-state index in [1.165, 1.54) is 0 Å². The maximum Gasteiger partial charge on any atom is 0.260 e. The van der Waals surface area contributed by atoms with Gasteiger partial charge in [0.05, 0.1) is 5.56 Å². The summed E-state index contributed by atoms with van der Waals surface area (Å²) in [5.41, 5.74) is 3.76. The number of nitrogens with one attached hydrogen (secondary N) is 1. The molecular weight excluding hydrogens is 526 g/mol. The fraction of sp³-hybridized carbons (Fsp3) is 0.407. The molecule has 0 atom stereocenters. The van der Waals surface area contributed by atoms with Crippen LogP contribution < -0.4 is 4.74 Å². The molecule has 35 heavy (non-hydrogen) atoms. The van der Waals surface area contributed by atoms with Crippen molar-refractivity contribution >= 4 is 50.5 Å². The standard InChI is InChI=1S/C27H30BrN3O3S/c1-16(2)35-31-11-9-30(10-12-31)23(32)15-34-18-6-8-19-21(14-18)27(3,4)26-24(25(19)33)20-7-5-17(28)13-22(20)29-26/h5-8,13-14,16,29H,9-12,15H2,1-4H3. The van der Waals surface area contributed by atoms with Crippen molar-refractivity contribution in [2.75, 3.05) is 32.8 Å². The SMILES string of the molecule is CC(C)SN1CCN(C(=O)COc2ccc3c(c2)C(C)(C)c2[nH]c4cc(Br)ccc4c2C3=O)CC1. The quantitative estimate of drug-likeness (QED) is 0.428. The molecular formula is C27H30BrN3O3S. The van der Waals surface area contributed by atoms with Gasteiger partial charge in [-0.25, -0.2) is 4.31 Å². The molecule has 1 N–H and O–H groups in total. The van der Waals surface area contributed by atoms with Gasteiger partial charge in [0, 0.05) is 63.5 Å². The molecule has 2 aromatic carbocycles. The number of aromatic nitrogens is 1. The summed E-state index contributed by atoms with van der Waals surface area (Å²) < 4.78 is 9.22. The summed E-state index contributed by atoms with van der Waals surface area (Å²) >= 11 is 5.36. The first-order valence-corrected chi connectivity index (χ1v) is 13.6. The van der Waals surface area contributed by atoms with E-state index in [4.69, 9.17) is 4.74 Å². The number of rotatable bonds is 5. The van der Waals surface area contributed by atoms with Gasteiger partial charge in [-0.15, -0.1) is 0 Å². The minimum Gasteiger partial charge on any atom is -0.484 e. The molecule has 5 rings (SSSR count). The van der Waals surface area contributed by atoms with Crippen LogP contribution in [0.15, 0.2) is 40.9 Å². The number of aromatic amines is 1. The van der Waals surface area contributed by atoms with Gasteiger partial charge in [-0.3, -0.25) is 9.59 Å². The summed E-state index contributed by atoms with van der Waals surface area (Å²) in [4.78, 5) is 31.6. The molecule has 184 valence electrons. The molecule has 2 heterocycles. The maximum absolute atomic E-state index is 13.5. The Kier molecular flexibility index (Phi) is 6.48. The van der Waals surface area contributed by atoms with Gasteiger partial charge in [-0.2, -0.15) is 0 Å². The lowest BCUT2D eigenvalue weighted by Gasteiger charge is -2.34. The van der Waals surface area contributed by atoms with Crippen LogP contribution in [0.2, 0.25) is 0 Å². The number of hydrogen-bond donors (Lipinski definition) is 1. The second kappa shape index (κ2) is 9.30. The van der Waals surface area contributed by atoms with Gasteiger partial charge < -0.3 is 14.6 Å². The number of halogens is 1. The number of carbonyl (C=O) groups is 2. The van der Waals surface area contributed by atoms with Gasteiger partial charge in [-0.05, 0) is 35.9 Å². The molecule has 1 fully saturated rings. The monoisotopic (exact) mass is 555 g/mol. The van der Waals surface area contributed by atoms with Gasteiger partial charge in [-0.1, -0.05) is 61.6 Å². The molecule has 0 unspecified atom stereocenters. The van der Waals surface area contributed by atoms with Gasteiger partial charge in [0.25, 0.3) is 5.91 Å². The molecule has 1 aromatic heterocycles. The third kappa shape index (κ3) is 4.52. The molecule has 2 aliphatic rings. The number of carbonyl (C=O) groups excluding carboxylic acids is 2. The van der Waals surface area contributed by atoms with Crippen molar-refractivity contribution in [3.63, 3.8) is 0 Å². The van der Waals surface area contributed by atoms with Crippen LogP contribution in [-0.2, 0) is 10.2 Å². The van der Waals surface area contributed by atoms with Crippen LogP contribution in [-0.4, -0.2) is 63.9 Å². The Morgan fingerprint density at radius 1 is 1.14 bits per heavy atom. The summed E-state index contributed by atoms with van der Waals surface area (Å²) in [5, 5.41) is 1.48. The highest BCUT2D eigenvalue weighted by molar-refractivity contribution is 9.10. The van der Waals surface area contributed by atoms with Crippen LogP contribution in [0.4, 0.5) is 0 Å². The summed E-state index contributed by atoms with van der Waals surface area (Å²) in [6, 6.07) is 11.5. The Morgan fingerprint density at radius 3 is 2.60 bits per heavy atom. The normalized spacial score (nSPS) is 17.5. The van der Waals surface area contributed by atoms with E-state index in [-0.39, 0.29) is 18.3 Å². The Labute approximate surface area is 218 Å². The average molecular weight is 557 g/mol. The summed E-state index contributed by atoms with van der Waals surface area (Å²) in [6.45, 7) is 11.8. The molecule has 8 heteroatoms. The Balaban J connectivity index is 1.33. The van der Waals surface area contributed by atoms with E-state index < -0.39 is 5.41 Å². The topological polar surface area (TPSA) is 65.6 Å². The minimum atomic E-state index is -0.419. The third-order valence-electron chi connectivity index (χ3n) is 6.84. The van der Waals surface area contributed by atoms with Crippen molar-refractivity contribution in [2.24, 2.45) is 0 Å². The van der Waals surface area contributed by atoms with E-state index in [1.54, 1.807) is 6.07 Å². The lowest BCUT2D eigenvalue weighted by atomic mass is 9.71. The number of piperazine rings is 1. The highest BCUT2D eigenvalue weighted by Gasteiger charge is 2.40. The lowest BCUT2D eigenvalue weighted by Crippen LogP contribution is -2.48. The van der Waals surface area contributed by atoms with Crippen LogP contribution >= 0.6 is 27.9 Å². The summed E-state index contributed by atoms with van der Waals surface area (Å²) in [6.07, 6.45) is 0. The molecule has 1 aliphatic heterocycles. The molecule has 0 radical (unpaired) electrons. The highest BCUT2D eigenvalue weighted by Crippen LogP contribution is 2.44. The van der Waals surface area contributed by atoms with Crippen LogP contribution in [0.1, 0.15) is 54.9 Å². The predicted molar refractivity (Wildman–Crippen MR) is 144 cm³/mol. The molecule has 3 aromatic rings. The second-order valence-corrected chi connectivity index (χ2v) is 12.6. The number of ketones is 1. The van der Waals surface area contributed by atoms with Gasteiger partial charge in [0.15, 0.2) is 12.4 Å². The van der Waals surface area contributed by atoms with Gasteiger partial charge >= 0.3 is 0 Å². The van der Waals surface area contributed by atoms with Crippen molar-refractivity contribution in [3.8, 4) is 5.75 Å². The number of hydrogen-bond acceptors (Lipinski definition) is 5. The fourth-order valence-electron chi connectivity index (χ4n) is 5.05. The van der Waals surface area contributed by atoms with Crippen LogP contribution in [0.3, 0.4) is 0 Å². The summed E-state index contributed by atoms with van der Waals surface area (Å²) in [5.74, 6) is 0.618. The number of benzene rings is 2. The fourth-order valence-corrected chi connectivity index (χ4v) is 6.38. The minimum absolute atomic E-state index is 0.00382. The van der Waals surface area contributed by atoms with E-state index in [9.17, 15) is 9.59 Å². The molecule has 0 spiro atoms. The zero-order chi connectivity index (χ0) is 24.9. The zero-order valence-electron chi connectivity index (χ0n) is 20.5. The van der Waals surface area contributed by atoms with Crippen molar-refractivity contribution in [1.29, 1.82) is 0 Å². The Bertz CT molecular complexity index is 1310. The van der Waals surface area contributed by atoms with Crippen molar-refractivity contribution in [3.05, 3.63) is 63.3 Å². The smallest absolute Gasteiger partial charge is 0.260 e. The number of nitrogens with zero attached hydrogens (tertiary/aromatic N) is 2. The Hall–Kier alpha value is -2.29.